The van der Waals surface area contributed by atoms with Gasteiger partial charge in [-0.05, 0) is 24.6 Å². The average molecular weight is 629 g/mol. The molecule has 0 radical (unpaired) electrons. The Kier molecular flexibility index (Phi) is 8.53. The Bertz CT molecular complexity index is 1680. The summed E-state index contributed by atoms with van der Waals surface area (Å²) in [5, 5.41) is 25.3. The SMILES string of the molecule is Cc1ccc2c(Cn3c(=O)ccn([C@@H]4O[C@H](COP(=O)(O)OP(=O)(O)OP(=O)(O)O)[C@H](O)C4O)c3=O)noc2c1. The lowest BCUT2D eigenvalue weighted by Crippen LogP contribution is -2.43. The van der Waals surface area contributed by atoms with Gasteiger partial charge in [0.2, 0.25) is 0 Å². The van der Waals surface area contributed by atoms with Gasteiger partial charge in [-0.15, -0.1) is 0 Å². The Balaban J connectivity index is 1.51. The van der Waals surface area contributed by atoms with Crippen LogP contribution in [0.3, 0.4) is 0 Å². The predicted octanol–water partition coefficient (Wildman–Crippen LogP) is -0.530. The third-order valence-corrected chi connectivity index (χ3v) is 9.34. The van der Waals surface area contributed by atoms with E-state index in [4.69, 9.17) is 19.0 Å². The Morgan fingerprint density at radius 1 is 1.00 bits per heavy atom. The van der Waals surface area contributed by atoms with E-state index in [1.54, 1.807) is 18.2 Å². The van der Waals surface area contributed by atoms with Crippen LogP contribution < -0.4 is 11.2 Å². The number of aryl methyl sites for hydroxylation is 1. The minimum Gasteiger partial charge on any atom is -0.387 e. The Hall–Kier alpha value is -2.34. The molecule has 2 aromatic heterocycles. The normalized spacial score (nSPS) is 24.7. The number of hydrogen-bond donors (Lipinski definition) is 6. The van der Waals surface area contributed by atoms with E-state index in [-0.39, 0.29) is 12.2 Å². The summed E-state index contributed by atoms with van der Waals surface area (Å²) in [7, 11) is -17.0. The molecule has 6 atom stereocenters. The Morgan fingerprint density at radius 3 is 2.38 bits per heavy atom. The fourth-order valence-electron chi connectivity index (χ4n) is 3.80. The van der Waals surface area contributed by atoms with Crippen LogP contribution in [0.1, 0.15) is 17.5 Å². The van der Waals surface area contributed by atoms with Crippen LogP contribution in [-0.4, -0.2) is 69.0 Å². The lowest BCUT2D eigenvalue weighted by atomic mass is 10.1. The highest BCUT2D eigenvalue weighted by Crippen LogP contribution is 2.66. The number of aliphatic hydroxyl groups excluding tert-OH is 2. The second-order valence-corrected chi connectivity index (χ2v) is 12.9. The fraction of sp³-hybridized carbons (Fsp3) is 0.389. The molecule has 1 aliphatic heterocycles. The summed E-state index contributed by atoms with van der Waals surface area (Å²) in [5.74, 6) is 0. The number of hydrogen-bond acceptors (Lipinski definition) is 13. The van der Waals surface area contributed by atoms with Crippen molar-refractivity contribution in [1.82, 2.24) is 14.3 Å². The van der Waals surface area contributed by atoms with Gasteiger partial charge < -0.3 is 39.0 Å². The molecule has 0 spiro atoms. The van der Waals surface area contributed by atoms with Crippen molar-refractivity contribution in [3.8, 4) is 0 Å². The number of nitrogens with zero attached hydrogens (tertiary/aromatic N) is 3. The molecule has 40 heavy (non-hydrogen) atoms. The zero-order valence-corrected chi connectivity index (χ0v) is 22.7. The van der Waals surface area contributed by atoms with E-state index in [1.807, 2.05) is 6.92 Å². The number of benzene rings is 1. The lowest BCUT2D eigenvalue weighted by Gasteiger charge is -2.19. The van der Waals surface area contributed by atoms with Crippen molar-refractivity contribution in [2.45, 2.75) is 38.0 Å². The van der Waals surface area contributed by atoms with Gasteiger partial charge in [0, 0.05) is 17.6 Å². The molecule has 220 valence electrons. The number of fused-ring (bicyclic) bond motifs is 1. The maximum absolute atomic E-state index is 13.2. The second-order valence-electron chi connectivity index (χ2n) is 8.49. The predicted molar refractivity (Wildman–Crippen MR) is 129 cm³/mol. The third-order valence-electron chi connectivity index (χ3n) is 5.53. The molecule has 3 heterocycles. The largest absolute Gasteiger partial charge is 0.490 e. The fourth-order valence-corrected chi connectivity index (χ4v) is 6.83. The quantitative estimate of drug-likeness (QED) is 0.154. The minimum atomic E-state index is -5.79. The molecular weight excluding hydrogens is 607 g/mol. The van der Waals surface area contributed by atoms with E-state index in [9.17, 15) is 43.3 Å². The first kappa shape index (κ1) is 30.6. The van der Waals surface area contributed by atoms with Crippen LogP contribution >= 0.6 is 23.5 Å². The minimum absolute atomic E-state index is 0.258. The number of rotatable bonds is 10. The van der Waals surface area contributed by atoms with E-state index in [2.05, 4.69) is 18.3 Å². The van der Waals surface area contributed by atoms with Crippen molar-refractivity contribution in [2.24, 2.45) is 0 Å². The third kappa shape index (κ3) is 6.92. The maximum Gasteiger partial charge on any atom is 0.490 e. The topological polar surface area (TPSA) is 280 Å². The molecule has 1 fully saturated rings. The van der Waals surface area contributed by atoms with Gasteiger partial charge in [0.15, 0.2) is 11.8 Å². The molecule has 3 unspecified atom stereocenters. The maximum atomic E-state index is 13.2. The number of phosphoric ester groups is 1. The highest BCUT2D eigenvalue weighted by atomic mass is 31.3. The first-order valence-electron chi connectivity index (χ1n) is 10.9. The lowest BCUT2D eigenvalue weighted by molar-refractivity contribution is -0.0547. The van der Waals surface area contributed by atoms with Crippen molar-refractivity contribution in [3.63, 3.8) is 0 Å². The Morgan fingerprint density at radius 2 is 1.70 bits per heavy atom. The van der Waals surface area contributed by atoms with Crippen LogP contribution in [0.15, 0.2) is 44.6 Å². The average Bonchev–Trinajstić information content (AvgIpc) is 3.33. The van der Waals surface area contributed by atoms with E-state index in [0.29, 0.717) is 11.0 Å². The van der Waals surface area contributed by atoms with Gasteiger partial charge in [0.05, 0.1) is 13.2 Å². The van der Waals surface area contributed by atoms with Crippen molar-refractivity contribution >= 4 is 34.4 Å². The summed E-state index contributed by atoms with van der Waals surface area (Å²) in [5.41, 5.74) is -0.144. The molecule has 3 aromatic rings. The molecule has 0 amide bonds. The van der Waals surface area contributed by atoms with Crippen LogP contribution in [0, 0.1) is 6.92 Å². The van der Waals surface area contributed by atoms with Gasteiger partial charge in [-0.3, -0.25) is 18.5 Å². The smallest absolute Gasteiger partial charge is 0.387 e. The molecule has 1 aliphatic rings. The van der Waals surface area contributed by atoms with Gasteiger partial charge in [0.1, 0.15) is 24.0 Å². The summed E-state index contributed by atoms with van der Waals surface area (Å²) in [6, 6.07) is 6.17. The van der Waals surface area contributed by atoms with Crippen LogP contribution in [-0.2, 0) is 38.1 Å². The molecule has 0 saturated carbocycles. The molecule has 1 saturated heterocycles. The standard InChI is InChI=1S/C18H22N3O16P3/c1-9-2-3-10-11(19-35-12(10)6-9)7-21-14(22)4-5-20(18(21)25)17-16(24)15(23)13(34-17)8-33-39(29,30)37-40(31,32)36-38(26,27)28/h2-6,13,15-17,23-24H,7-8H2,1H3,(H,29,30)(H,31,32)(H2,26,27,28)/t13-,15+,16?,17-/m1/s1. The highest BCUT2D eigenvalue weighted by molar-refractivity contribution is 7.66. The molecule has 19 nitrogen and oxygen atoms in total. The summed E-state index contributed by atoms with van der Waals surface area (Å²) < 4.78 is 57.9. The summed E-state index contributed by atoms with van der Waals surface area (Å²) in [6.07, 6.45) is -5.99. The van der Waals surface area contributed by atoms with Crippen LogP contribution in [0.2, 0.25) is 0 Å². The summed E-state index contributed by atoms with van der Waals surface area (Å²) in [4.78, 5) is 61.6. The highest BCUT2D eigenvalue weighted by Gasteiger charge is 2.47. The molecule has 0 aliphatic carbocycles. The number of aliphatic hydroxyl groups is 2. The molecule has 1 aromatic carbocycles. The molecule has 0 bridgehead atoms. The summed E-state index contributed by atoms with van der Waals surface area (Å²) in [6.45, 7) is 0.423. The van der Waals surface area contributed by atoms with Gasteiger partial charge in [-0.2, -0.15) is 8.62 Å². The van der Waals surface area contributed by atoms with Gasteiger partial charge in [0.25, 0.3) is 5.56 Å². The first-order valence-corrected chi connectivity index (χ1v) is 15.5. The second kappa shape index (κ2) is 11.2. The molecule has 6 N–H and O–H groups in total. The number of ether oxygens (including phenoxy) is 1. The van der Waals surface area contributed by atoms with Crippen molar-refractivity contribution < 1.29 is 65.9 Å². The van der Waals surface area contributed by atoms with Crippen molar-refractivity contribution in [3.05, 3.63) is 62.6 Å². The van der Waals surface area contributed by atoms with Crippen molar-refractivity contribution in [1.29, 1.82) is 0 Å². The van der Waals surface area contributed by atoms with Crippen LogP contribution in [0.25, 0.3) is 11.0 Å². The van der Waals surface area contributed by atoms with Crippen LogP contribution in [0.4, 0.5) is 0 Å². The zero-order valence-electron chi connectivity index (χ0n) is 20.1. The van der Waals surface area contributed by atoms with Gasteiger partial charge >= 0.3 is 29.2 Å². The van der Waals surface area contributed by atoms with Gasteiger partial charge in [-0.25, -0.2) is 18.5 Å². The number of aromatic nitrogens is 3. The monoisotopic (exact) mass is 629 g/mol. The van der Waals surface area contributed by atoms with E-state index in [0.717, 1.165) is 27.0 Å². The molecule has 22 heteroatoms. The number of phosphoric acid groups is 3. The Labute approximate surface area is 222 Å². The van der Waals surface area contributed by atoms with E-state index < -0.39 is 65.9 Å². The molecule has 4 rings (SSSR count). The zero-order chi connectivity index (χ0) is 29.6. The van der Waals surface area contributed by atoms with E-state index >= 15 is 0 Å². The van der Waals surface area contributed by atoms with Gasteiger partial charge in [-0.1, -0.05) is 11.2 Å². The van der Waals surface area contributed by atoms with Crippen molar-refractivity contribution in [2.75, 3.05) is 6.61 Å². The van der Waals surface area contributed by atoms with E-state index in [1.165, 1.54) is 0 Å². The summed E-state index contributed by atoms with van der Waals surface area (Å²) >= 11 is 0. The first-order chi connectivity index (χ1) is 18.5. The molecular formula is C18H22N3O16P3. The van der Waals surface area contributed by atoms with Crippen LogP contribution in [0.5, 0.6) is 0 Å².